The Labute approximate surface area is 202 Å². The van der Waals surface area contributed by atoms with Crippen molar-refractivity contribution in [2.45, 2.75) is 32.4 Å². The van der Waals surface area contributed by atoms with E-state index in [1.807, 2.05) is 59.7 Å². The van der Waals surface area contributed by atoms with Gasteiger partial charge >= 0.3 is 5.97 Å². The molecule has 1 atom stereocenters. The third kappa shape index (κ3) is 4.84. The second-order valence-electron chi connectivity index (χ2n) is 7.65. The lowest BCUT2D eigenvalue weighted by Crippen LogP contribution is -2.38. The van der Waals surface area contributed by atoms with Gasteiger partial charge in [-0.25, -0.2) is 9.79 Å². The van der Waals surface area contributed by atoms with Crippen LogP contribution < -0.4 is 10.1 Å². The summed E-state index contributed by atoms with van der Waals surface area (Å²) in [6.07, 6.45) is 2.41. The summed E-state index contributed by atoms with van der Waals surface area (Å²) in [6.45, 7) is 2.30. The van der Waals surface area contributed by atoms with Crippen LogP contribution in [0.4, 0.5) is 0 Å². The summed E-state index contributed by atoms with van der Waals surface area (Å²) in [5.74, 6) is 0.140. The number of carbonyl (C=O) groups is 2. The van der Waals surface area contributed by atoms with Crippen LogP contribution in [-0.2, 0) is 20.9 Å². The number of aromatic nitrogens is 1. The van der Waals surface area contributed by atoms with Gasteiger partial charge in [0.05, 0.1) is 50.2 Å². The number of thioether (sulfide) groups is 1. The minimum atomic E-state index is -0.467. The van der Waals surface area contributed by atoms with Crippen LogP contribution in [0.15, 0.2) is 76.0 Å². The Morgan fingerprint density at radius 2 is 1.94 bits per heavy atom. The van der Waals surface area contributed by atoms with Crippen molar-refractivity contribution in [2.24, 2.45) is 4.99 Å². The molecule has 1 aromatic carbocycles. The number of rotatable bonds is 8. The molecule has 1 amide bonds. The number of carbonyl (C=O) groups excluding carboxylic acids is 2. The van der Waals surface area contributed by atoms with Crippen molar-refractivity contribution in [1.82, 2.24) is 15.2 Å². The van der Waals surface area contributed by atoms with E-state index in [1.54, 1.807) is 13.3 Å². The molecule has 8 nitrogen and oxygen atoms in total. The zero-order valence-electron chi connectivity index (χ0n) is 19.3. The monoisotopic (exact) mass is 478 g/mol. The van der Waals surface area contributed by atoms with Crippen LogP contribution in [0.5, 0.6) is 5.75 Å². The van der Waals surface area contributed by atoms with Crippen molar-refractivity contribution in [2.75, 3.05) is 14.2 Å². The van der Waals surface area contributed by atoms with Crippen molar-refractivity contribution in [3.8, 4) is 5.75 Å². The van der Waals surface area contributed by atoms with Gasteiger partial charge in [-0.3, -0.25) is 9.78 Å². The largest absolute Gasteiger partial charge is 0.497 e. The number of hydrogen-bond acceptors (Lipinski definition) is 8. The van der Waals surface area contributed by atoms with E-state index in [9.17, 15) is 9.59 Å². The Morgan fingerprint density at radius 1 is 1.15 bits per heavy atom. The standard InChI is InChI=1S/C25H26N4O4S/c1-4-20-22(24(31)33-3)23(16-8-10-19(32-2)11-9-16)29-18(15-34-25(29)28-20)13-21(30)27-14-17-7-5-6-12-26-17/h5-12,15,23H,4,13-14H2,1-3H3,(H,27,30). The predicted octanol–water partition coefficient (Wildman–Crippen LogP) is 3.93. The molecule has 176 valence electrons. The summed E-state index contributed by atoms with van der Waals surface area (Å²) in [4.78, 5) is 36.6. The molecule has 0 spiro atoms. The van der Waals surface area contributed by atoms with Gasteiger partial charge in [0, 0.05) is 11.9 Å². The minimum absolute atomic E-state index is 0.140. The Hall–Kier alpha value is -3.59. The predicted molar refractivity (Wildman–Crippen MR) is 131 cm³/mol. The van der Waals surface area contributed by atoms with Crippen LogP contribution in [0.1, 0.15) is 37.1 Å². The van der Waals surface area contributed by atoms with E-state index in [0.29, 0.717) is 30.0 Å². The molecule has 1 unspecified atom stereocenters. The van der Waals surface area contributed by atoms with Gasteiger partial charge in [0.1, 0.15) is 5.75 Å². The van der Waals surface area contributed by atoms with Gasteiger partial charge in [0.25, 0.3) is 0 Å². The zero-order chi connectivity index (χ0) is 24.1. The summed E-state index contributed by atoms with van der Waals surface area (Å²) in [6, 6.07) is 12.7. The first kappa shape index (κ1) is 23.6. The number of amidine groups is 1. The van der Waals surface area contributed by atoms with Gasteiger partial charge < -0.3 is 19.7 Å². The van der Waals surface area contributed by atoms with Crippen LogP contribution >= 0.6 is 11.8 Å². The van der Waals surface area contributed by atoms with Crippen molar-refractivity contribution >= 4 is 28.8 Å². The zero-order valence-corrected chi connectivity index (χ0v) is 20.1. The molecule has 1 N–H and O–H groups in total. The Balaban J connectivity index is 1.63. The van der Waals surface area contributed by atoms with Gasteiger partial charge in [0.15, 0.2) is 5.17 Å². The van der Waals surface area contributed by atoms with E-state index in [0.717, 1.165) is 22.1 Å². The van der Waals surface area contributed by atoms with Crippen molar-refractivity contribution in [3.63, 3.8) is 0 Å². The third-order valence-corrected chi connectivity index (χ3v) is 6.48. The number of esters is 1. The highest BCUT2D eigenvalue weighted by molar-refractivity contribution is 8.16. The van der Waals surface area contributed by atoms with Crippen LogP contribution in [0.3, 0.4) is 0 Å². The number of fused-ring (bicyclic) bond motifs is 1. The molecule has 1 aromatic heterocycles. The fourth-order valence-corrected chi connectivity index (χ4v) is 4.87. The number of aliphatic imine (C=N–C) groups is 1. The highest BCUT2D eigenvalue weighted by Gasteiger charge is 2.41. The molecule has 2 aliphatic heterocycles. The van der Waals surface area contributed by atoms with E-state index in [4.69, 9.17) is 14.5 Å². The number of amides is 1. The van der Waals surface area contributed by atoms with Gasteiger partial charge in [-0.1, -0.05) is 36.9 Å². The normalized spacial score (nSPS) is 17.0. The molecule has 0 aliphatic carbocycles. The molecule has 4 rings (SSSR count). The average molecular weight is 479 g/mol. The van der Waals surface area contributed by atoms with Crippen molar-refractivity contribution in [1.29, 1.82) is 0 Å². The summed E-state index contributed by atoms with van der Waals surface area (Å²) in [5.41, 5.74) is 3.58. The SMILES string of the molecule is CCC1=C(C(=O)OC)C(c2ccc(OC)cc2)N2C(CC(=O)NCc3ccccn3)=CSC2=N1. The number of pyridine rings is 1. The molecule has 0 saturated carbocycles. The van der Waals surface area contributed by atoms with Crippen LogP contribution in [0, 0.1) is 0 Å². The number of allylic oxidation sites excluding steroid dienone is 1. The Bertz CT molecular complexity index is 1160. The van der Waals surface area contributed by atoms with Crippen LogP contribution in [0.25, 0.3) is 0 Å². The fraction of sp³-hybridized carbons (Fsp3) is 0.280. The molecule has 0 saturated heterocycles. The summed E-state index contributed by atoms with van der Waals surface area (Å²) < 4.78 is 10.4. The smallest absolute Gasteiger partial charge is 0.338 e. The van der Waals surface area contributed by atoms with Crippen molar-refractivity contribution < 1.29 is 19.1 Å². The lowest BCUT2D eigenvalue weighted by atomic mass is 9.93. The molecular weight excluding hydrogens is 452 g/mol. The van der Waals surface area contributed by atoms with Gasteiger partial charge in [0.2, 0.25) is 5.91 Å². The van der Waals surface area contributed by atoms with E-state index in [-0.39, 0.29) is 12.3 Å². The van der Waals surface area contributed by atoms with E-state index in [2.05, 4.69) is 10.3 Å². The molecular formula is C25H26N4O4S. The summed E-state index contributed by atoms with van der Waals surface area (Å²) in [5, 5.41) is 5.57. The molecule has 0 bridgehead atoms. The number of nitrogens with one attached hydrogen (secondary N) is 1. The molecule has 3 heterocycles. The molecule has 0 fully saturated rings. The number of methoxy groups -OCH3 is 2. The molecule has 0 radical (unpaired) electrons. The first-order valence-electron chi connectivity index (χ1n) is 10.9. The molecule has 2 aromatic rings. The minimum Gasteiger partial charge on any atom is -0.497 e. The highest BCUT2D eigenvalue weighted by atomic mass is 32.2. The summed E-state index contributed by atoms with van der Waals surface area (Å²) >= 11 is 1.45. The Kier molecular flexibility index (Phi) is 7.32. The lowest BCUT2D eigenvalue weighted by Gasteiger charge is -2.36. The quantitative estimate of drug-likeness (QED) is 0.575. The molecule has 2 aliphatic rings. The maximum absolute atomic E-state index is 12.9. The van der Waals surface area contributed by atoms with Gasteiger partial charge in [-0.2, -0.15) is 0 Å². The first-order chi connectivity index (χ1) is 16.5. The number of ether oxygens (including phenoxy) is 2. The number of benzene rings is 1. The maximum Gasteiger partial charge on any atom is 0.338 e. The third-order valence-electron chi connectivity index (χ3n) is 5.60. The highest BCUT2D eigenvalue weighted by Crippen LogP contribution is 2.45. The topological polar surface area (TPSA) is 93.1 Å². The fourth-order valence-electron chi connectivity index (χ4n) is 3.93. The summed E-state index contributed by atoms with van der Waals surface area (Å²) in [7, 11) is 2.98. The lowest BCUT2D eigenvalue weighted by molar-refractivity contribution is -0.136. The van der Waals surface area contributed by atoms with Crippen LogP contribution in [0.2, 0.25) is 0 Å². The molecule has 34 heavy (non-hydrogen) atoms. The maximum atomic E-state index is 12.9. The van der Waals surface area contributed by atoms with Crippen molar-refractivity contribution in [3.05, 3.63) is 82.3 Å². The van der Waals surface area contributed by atoms with E-state index < -0.39 is 12.0 Å². The van der Waals surface area contributed by atoms with Gasteiger partial charge in [-0.05, 0) is 41.7 Å². The van der Waals surface area contributed by atoms with E-state index >= 15 is 0 Å². The second kappa shape index (κ2) is 10.6. The van der Waals surface area contributed by atoms with E-state index in [1.165, 1.54) is 18.9 Å². The molecule has 9 heteroatoms. The Morgan fingerprint density at radius 3 is 2.59 bits per heavy atom. The number of nitrogens with zero attached hydrogens (tertiary/aromatic N) is 3. The van der Waals surface area contributed by atoms with Gasteiger partial charge in [-0.15, -0.1) is 0 Å². The second-order valence-corrected chi connectivity index (χ2v) is 8.48. The van der Waals surface area contributed by atoms with Crippen LogP contribution in [-0.4, -0.2) is 41.1 Å². The average Bonchev–Trinajstić information content (AvgIpc) is 3.28. The number of hydrogen-bond donors (Lipinski definition) is 1. The first-order valence-corrected chi connectivity index (χ1v) is 11.8.